The molecule has 2 aromatic rings. The molecular formula is C18H20FN3O3S. The predicted octanol–water partition coefficient (Wildman–Crippen LogP) is 2.09. The number of pyridine rings is 1. The van der Waals surface area contributed by atoms with E-state index in [1.807, 2.05) is 0 Å². The standard InChI is InChI=1S/C18H20FN3O3S/c1-22(15-8-9-26(24,25)12-15)18(23)14-6-7-17(21-11-14)20-10-13-4-2-3-5-16(13)19/h2-7,11,15H,8-10,12H2,1H3,(H,20,21). The third-order valence-corrected chi connectivity index (χ3v) is 6.26. The summed E-state index contributed by atoms with van der Waals surface area (Å²) in [5.74, 6) is 0.0910. The Kier molecular flexibility index (Phi) is 5.22. The minimum atomic E-state index is -3.05. The van der Waals surface area contributed by atoms with Crippen molar-refractivity contribution < 1.29 is 17.6 Å². The first-order valence-corrected chi connectivity index (χ1v) is 10.1. The molecule has 0 bridgehead atoms. The molecular weight excluding hydrogens is 357 g/mol. The molecule has 3 rings (SSSR count). The Labute approximate surface area is 152 Å². The van der Waals surface area contributed by atoms with Gasteiger partial charge in [-0.2, -0.15) is 0 Å². The molecule has 2 heterocycles. The van der Waals surface area contributed by atoms with Crippen molar-refractivity contribution in [2.75, 3.05) is 23.9 Å². The number of sulfone groups is 1. The first-order chi connectivity index (χ1) is 12.4. The van der Waals surface area contributed by atoms with Crippen LogP contribution in [0.3, 0.4) is 0 Å². The normalized spacial score (nSPS) is 18.5. The molecule has 0 radical (unpaired) electrons. The maximum absolute atomic E-state index is 13.6. The maximum atomic E-state index is 13.6. The van der Waals surface area contributed by atoms with Crippen molar-refractivity contribution in [1.29, 1.82) is 0 Å². The highest BCUT2D eigenvalue weighted by molar-refractivity contribution is 7.91. The Morgan fingerprint density at radius 1 is 1.31 bits per heavy atom. The summed E-state index contributed by atoms with van der Waals surface area (Å²) in [5.41, 5.74) is 0.907. The lowest BCUT2D eigenvalue weighted by Crippen LogP contribution is -2.37. The van der Waals surface area contributed by atoms with Crippen molar-refractivity contribution in [1.82, 2.24) is 9.88 Å². The minimum Gasteiger partial charge on any atom is -0.366 e. The van der Waals surface area contributed by atoms with E-state index in [2.05, 4.69) is 10.3 Å². The van der Waals surface area contributed by atoms with Gasteiger partial charge in [0.2, 0.25) is 0 Å². The Balaban J connectivity index is 1.62. The SMILES string of the molecule is CN(C(=O)c1ccc(NCc2ccccc2F)nc1)C1CCS(=O)(=O)C1. The number of benzene rings is 1. The average molecular weight is 377 g/mol. The second kappa shape index (κ2) is 7.41. The average Bonchev–Trinajstić information content (AvgIpc) is 3.00. The lowest BCUT2D eigenvalue weighted by molar-refractivity contribution is 0.0747. The van der Waals surface area contributed by atoms with Crippen LogP contribution in [0.1, 0.15) is 22.3 Å². The molecule has 1 amide bonds. The number of halogens is 1. The third kappa shape index (κ3) is 4.19. The Morgan fingerprint density at radius 3 is 2.69 bits per heavy atom. The van der Waals surface area contributed by atoms with Gasteiger partial charge >= 0.3 is 0 Å². The fraction of sp³-hybridized carbons (Fsp3) is 0.333. The number of nitrogens with zero attached hydrogens (tertiary/aromatic N) is 2. The molecule has 0 aliphatic carbocycles. The molecule has 26 heavy (non-hydrogen) atoms. The van der Waals surface area contributed by atoms with E-state index >= 15 is 0 Å². The molecule has 1 aromatic carbocycles. The second-order valence-corrected chi connectivity index (χ2v) is 8.58. The summed E-state index contributed by atoms with van der Waals surface area (Å²) in [4.78, 5) is 18.1. The van der Waals surface area contributed by atoms with Gasteiger partial charge in [-0.3, -0.25) is 4.79 Å². The van der Waals surface area contributed by atoms with E-state index in [1.54, 1.807) is 37.4 Å². The summed E-state index contributed by atoms with van der Waals surface area (Å²) in [6, 6.07) is 9.44. The van der Waals surface area contributed by atoms with Crippen molar-refractivity contribution >= 4 is 21.6 Å². The van der Waals surface area contributed by atoms with E-state index in [1.165, 1.54) is 17.2 Å². The molecule has 8 heteroatoms. The summed E-state index contributed by atoms with van der Waals surface area (Å²) in [5, 5.41) is 3.01. The summed E-state index contributed by atoms with van der Waals surface area (Å²) in [6.07, 6.45) is 1.90. The Morgan fingerprint density at radius 2 is 2.08 bits per heavy atom. The van der Waals surface area contributed by atoms with Gasteiger partial charge in [0.25, 0.3) is 5.91 Å². The van der Waals surface area contributed by atoms with Gasteiger partial charge in [0.1, 0.15) is 11.6 Å². The van der Waals surface area contributed by atoms with Gasteiger partial charge in [-0.05, 0) is 24.6 Å². The molecule has 1 fully saturated rings. The molecule has 1 aromatic heterocycles. The highest BCUT2D eigenvalue weighted by atomic mass is 32.2. The first-order valence-electron chi connectivity index (χ1n) is 8.26. The molecule has 1 N–H and O–H groups in total. The van der Waals surface area contributed by atoms with Crippen molar-refractivity contribution in [3.63, 3.8) is 0 Å². The number of carbonyl (C=O) groups is 1. The number of amides is 1. The van der Waals surface area contributed by atoms with E-state index in [4.69, 9.17) is 0 Å². The highest BCUT2D eigenvalue weighted by Crippen LogP contribution is 2.19. The zero-order valence-corrected chi connectivity index (χ0v) is 15.2. The van der Waals surface area contributed by atoms with E-state index in [0.29, 0.717) is 23.4 Å². The molecule has 1 saturated heterocycles. The van der Waals surface area contributed by atoms with E-state index in [0.717, 1.165) is 0 Å². The van der Waals surface area contributed by atoms with Crippen LogP contribution in [0.25, 0.3) is 0 Å². The number of carbonyl (C=O) groups excluding carboxylic acids is 1. The summed E-state index contributed by atoms with van der Waals surface area (Å²) in [7, 11) is -1.44. The van der Waals surface area contributed by atoms with E-state index in [-0.39, 0.29) is 35.8 Å². The van der Waals surface area contributed by atoms with Crippen molar-refractivity contribution in [3.8, 4) is 0 Å². The lowest BCUT2D eigenvalue weighted by Gasteiger charge is -2.23. The van der Waals surface area contributed by atoms with Crippen molar-refractivity contribution in [2.45, 2.75) is 19.0 Å². The van der Waals surface area contributed by atoms with Crippen LogP contribution in [0.5, 0.6) is 0 Å². The van der Waals surface area contributed by atoms with Crippen LogP contribution in [-0.4, -0.2) is 48.8 Å². The van der Waals surface area contributed by atoms with E-state index < -0.39 is 9.84 Å². The van der Waals surface area contributed by atoms with Gasteiger partial charge in [0, 0.05) is 31.4 Å². The van der Waals surface area contributed by atoms with Crippen LogP contribution in [-0.2, 0) is 16.4 Å². The van der Waals surface area contributed by atoms with Gasteiger partial charge < -0.3 is 10.2 Å². The van der Waals surface area contributed by atoms with Crippen LogP contribution in [0.2, 0.25) is 0 Å². The molecule has 1 unspecified atom stereocenters. The monoisotopic (exact) mass is 377 g/mol. The summed E-state index contributed by atoms with van der Waals surface area (Å²) >= 11 is 0. The fourth-order valence-corrected chi connectivity index (χ4v) is 4.68. The molecule has 6 nitrogen and oxygen atoms in total. The quantitative estimate of drug-likeness (QED) is 0.863. The highest BCUT2D eigenvalue weighted by Gasteiger charge is 2.33. The zero-order chi connectivity index (χ0) is 18.7. The number of hydrogen-bond acceptors (Lipinski definition) is 5. The van der Waals surface area contributed by atoms with Crippen molar-refractivity contribution in [2.24, 2.45) is 0 Å². The second-order valence-electron chi connectivity index (χ2n) is 6.35. The zero-order valence-electron chi connectivity index (χ0n) is 14.4. The topological polar surface area (TPSA) is 79.4 Å². The van der Waals surface area contributed by atoms with Crippen LogP contribution < -0.4 is 5.32 Å². The van der Waals surface area contributed by atoms with Gasteiger partial charge in [0.15, 0.2) is 9.84 Å². The fourth-order valence-electron chi connectivity index (χ4n) is 2.90. The van der Waals surface area contributed by atoms with Gasteiger partial charge in [-0.25, -0.2) is 17.8 Å². The Hall–Kier alpha value is -2.48. The summed E-state index contributed by atoms with van der Waals surface area (Å²) < 4.78 is 36.8. The number of nitrogens with one attached hydrogen (secondary N) is 1. The molecule has 1 aliphatic heterocycles. The van der Waals surface area contributed by atoms with Crippen LogP contribution in [0, 0.1) is 5.82 Å². The minimum absolute atomic E-state index is 0.00491. The lowest BCUT2D eigenvalue weighted by atomic mass is 10.2. The molecule has 138 valence electrons. The van der Waals surface area contributed by atoms with Crippen molar-refractivity contribution in [3.05, 3.63) is 59.5 Å². The number of anilines is 1. The van der Waals surface area contributed by atoms with E-state index in [9.17, 15) is 17.6 Å². The number of rotatable bonds is 5. The Bertz CT molecular complexity index is 900. The number of aromatic nitrogens is 1. The first kappa shape index (κ1) is 18.3. The molecule has 0 spiro atoms. The van der Waals surface area contributed by atoms with Gasteiger partial charge in [-0.15, -0.1) is 0 Å². The molecule has 1 aliphatic rings. The largest absolute Gasteiger partial charge is 0.366 e. The maximum Gasteiger partial charge on any atom is 0.255 e. The predicted molar refractivity (Wildman–Crippen MR) is 97.1 cm³/mol. The van der Waals surface area contributed by atoms with Crippen LogP contribution in [0.15, 0.2) is 42.6 Å². The van der Waals surface area contributed by atoms with Crippen LogP contribution in [0.4, 0.5) is 10.2 Å². The molecule has 0 saturated carbocycles. The smallest absolute Gasteiger partial charge is 0.255 e. The summed E-state index contributed by atoms with van der Waals surface area (Å²) in [6.45, 7) is 0.285. The third-order valence-electron chi connectivity index (χ3n) is 4.50. The molecule has 1 atom stereocenters. The number of hydrogen-bond donors (Lipinski definition) is 1. The van der Waals surface area contributed by atoms with Gasteiger partial charge in [0.05, 0.1) is 17.1 Å². The van der Waals surface area contributed by atoms with Crippen LogP contribution >= 0.6 is 0 Å². The van der Waals surface area contributed by atoms with Gasteiger partial charge in [-0.1, -0.05) is 18.2 Å².